The summed E-state index contributed by atoms with van der Waals surface area (Å²) in [6, 6.07) is 4.35. The van der Waals surface area contributed by atoms with Crippen LogP contribution in [0.2, 0.25) is 0 Å². The highest BCUT2D eigenvalue weighted by Gasteiger charge is 2.36. The molecule has 1 saturated heterocycles. The van der Waals surface area contributed by atoms with Gasteiger partial charge in [-0.3, -0.25) is 29.4 Å². The van der Waals surface area contributed by atoms with Crippen LogP contribution in [0.5, 0.6) is 0 Å². The average molecular weight is 443 g/mol. The number of benzene rings is 1. The van der Waals surface area contributed by atoms with Crippen molar-refractivity contribution in [2.24, 2.45) is 0 Å². The minimum Gasteiger partial charge on any atom is -0.464 e. The number of nitrogens with zero attached hydrogens (tertiary/aromatic N) is 2. The highest BCUT2D eigenvalue weighted by atomic mass is 79.9. The summed E-state index contributed by atoms with van der Waals surface area (Å²) < 4.78 is 5.26. The average Bonchev–Trinajstić information content (AvgIpc) is 2.84. The number of ether oxygens (including phenoxy) is 1. The first-order chi connectivity index (χ1) is 12.3. The van der Waals surface area contributed by atoms with Crippen molar-refractivity contribution >= 4 is 56.6 Å². The number of halogens is 1. The third-order valence-corrected chi connectivity index (χ3v) is 4.96. The molecule has 1 aliphatic rings. The van der Waals surface area contributed by atoms with Gasteiger partial charge < -0.3 is 4.74 Å². The predicted octanol–water partition coefficient (Wildman–Crippen LogP) is 3.74. The van der Waals surface area contributed by atoms with E-state index in [1.54, 1.807) is 6.07 Å². The summed E-state index contributed by atoms with van der Waals surface area (Å²) in [6.07, 6.45) is 2.94. The van der Waals surface area contributed by atoms with E-state index < -0.39 is 28.6 Å². The summed E-state index contributed by atoms with van der Waals surface area (Å²) in [6.45, 7) is 1.73. The Balaban J connectivity index is 2.13. The van der Waals surface area contributed by atoms with Gasteiger partial charge in [0.15, 0.2) is 0 Å². The summed E-state index contributed by atoms with van der Waals surface area (Å²) in [7, 11) is 0. The highest BCUT2D eigenvalue weighted by Crippen LogP contribution is 2.33. The molecule has 0 aliphatic carbocycles. The normalized spacial score (nSPS) is 15.6. The van der Waals surface area contributed by atoms with Gasteiger partial charge in [-0.2, -0.15) is 0 Å². The zero-order valence-electron chi connectivity index (χ0n) is 13.8. The van der Waals surface area contributed by atoms with E-state index in [0.29, 0.717) is 28.2 Å². The number of unbranched alkanes of at least 4 members (excludes halogenated alkanes) is 1. The fourth-order valence-electron chi connectivity index (χ4n) is 2.05. The molecule has 0 bridgehead atoms. The van der Waals surface area contributed by atoms with Crippen LogP contribution in [0, 0.1) is 10.1 Å². The quantitative estimate of drug-likeness (QED) is 0.208. The number of esters is 1. The van der Waals surface area contributed by atoms with E-state index >= 15 is 0 Å². The number of carbonyl (C=O) groups excluding carboxylic acids is 3. The van der Waals surface area contributed by atoms with Crippen molar-refractivity contribution in [1.29, 1.82) is 0 Å². The summed E-state index contributed by atoms with van der Waals surface area (Å²) in [5, 5.41) is 10.4. The maximum atomic E-state index is 12.3. The van der Waals surface area contributed by atoms with Crippen molar-refractivity contribution in [1.82, 2.24) is 4.90 Å². The molecule has 2 rings (SSSR count). The van der Waals surface area contributed by atoms with Gasteiger partial charge in [-0.25, -0.2) is 0 Å². The van der Waals surface area contributed by atoms with Gasteiger partial charge in [0.05, 0.1) is 20.9 Å². The topological polar surface area (TPSA) is 107 Å². The zero-order chi connectivity index (χ0) is 19.3. The largest absolute Gasteiger partial charge is 0.464 e. The van der Waals surface area contributed by atoms with E-state index in [2.05, 4.69) is 15.9 Å². The van der Waals surface area contributed by atoms with Crippen LogP contribution in [0.4, 0.5) is 10.5 Å². The van der Waals surface area contributed by atoms with Crippen LogP contribution in [0.15, 0.2) is 27.6 Å². The van der Waals surface area contributed by atoms with Crippen LogP contribution in [0.3, 0.4) is 0 Å². The third-order valence-electron chi connectivity index (χ3n) is 3.39. The zero-order valence-corrected chi connectivity index (χ0v) is 16.2. The minimum absolute atomic E-state index is 0.0907. The predicted molar refractivity (Wildman–Crippen MR) is 99.3 cm³/mol. The molecule has 0 atom stereocenters. The molecule has 0 N–H and O–H groups in total. The van der Waals surface area contributed by atoms with Gasteiger partial charge >= 0.3 is 5.97 Å². The number of amides is 2. The molecule has 0 spiro atoms. The lowest BCUT2D eigenvalue weighted by atomic mass is 10.2. The van der Waals surface area contributed by atoms with E-state index in [1.807, 2.05) is 6.92 Å². The Hall–Kier alpha value is -2.20. The van der Waals surface area contributed by atoms with Crippen molar-refractivity contribution < 1.29 is 24.0 Å². The van der Waals surface area contributed by atoms with Crippen molar-refractivity contribution in [3.63, 3.8) is 0 Å². The number of nitro groups is 1. The molecule has 1 aliphatic heterocycles. The number of thioether (sulfide) groups is 1. The third kappa shape index (κ3) is 4.92. The van der Waals surface area contributed by atoms with E-state index in [0.717, 1.165) is 11.3 Å². The maximum Gasteiger partial charge on any atom is 0.326 e. The Kier molecular flexibility index (Phi) is 6.92. The van der Waals surface area contributed by atoms with Crippen molar-refractivity contribution in [3.05, 3.63) is 43.3 Å². The Morgan fingerprint density at radius 1 is 1.42 bits per heavy atom. The number of imide groups is 1. The SMILES string of the molecule is CCCCOC(=O)CN1C(=O)S/C(=C\c2ccc(Br)c([N+](=O)[O-])c2)C1=O. The van der Waals surface area contributed by atoms with E-state index in [1.165, 1.54) is 18.2 Å². The lowest BCUT2D eigenvalue weighted by Crippen LogP contribution is -2.34. The summed E-state index contributed by atoms with van der Waals surface area (Å²) in [4.78, 5) is 47.3. The second kappa shape index (κ2) is 8.95. The van der Waals surface area contributed by atoms with Gasteiger partial charge in [-0.15, -0.1) is 0 Å². The van der Waals surface area contributed by atoms with Gasteiger partial charge in [0.25, 0.3) is 16.8 Å². The molecule has 1 fully saturated rings. The first-order valence-corrected chi connectivity index (χ1v) is 9.29. The molecule has 0 unspecified atom stereocenters. The minimum atomic E-state index is -0.652. The Bertz CT molecular complexity index is 795. The molecular formula is C16H15BrN2O6S. The van der Waals surface area contributed by atoms with Crippen molar-refractivity contribution in [2.45, 2.75) is 19.8 Å². The van der Waals surface area contributed by atoms with E-state index in [9.17, 15) is 24.5 Å². The first-order valence-electron chi connectivity index (χ1n) is 7.68. The molecule has 26 heavy (non-hydrogen) atoms. The standard InChI is InChI=1S/C16H15BrN2O6S/c1-2-3-6-25-14(20)9-18-15(21)13(26-16(18)22)8-10-4-5-11(17)12(7-10)19(23)24/h4-5,7-8H,2-3,6,9H2,1H3/b13-8-. The van der Waals surface area contributed by atoms with Crippen LogP contribution >= 0.6 is 27.7 Å². The highest BCUT2D eigenvalue weighted by molar-refractivity contribution is 9.10. The monoisotopic (exact) mass is 442 g/mol. The summed E-state index contributed by atoms with van der Waals surface area (Å²) in [5.41, 5.74) is 0.244. The van der Waals surface area contributed by atoms with E-state index in [-0.39, 0.29) is 17.2 Å². The summed E-state index contributed by atoms with van der Waals surface area (Å²) >= 11 is 3.75. The Morgan fingerprint density at radius 3 is 2.81 bits per heavy atom. The molecular weight excluding hydrogens is 428 g/mol. The number of carbonyl (C=O) groups is 3. The van der Waals surface area contributed by atoms with Crippen molar-refractivity contribution in [2.75, 3.05) is 13.2 Å². The molecule has 138 valence electrons. The second-order valence-electron chi connectivity index (χ2n) is 5.31. The lowest BCUT2D eigenvalue weighted by Gasteiger charge is -2.11. The fraction of sp³-hybridized carbons (Fsp3) is 0.312. The smallest absolute Gasteiger partial charge is 0.326 e. The molecule has 0 saturated carbocycles. The molecule has 10 heteroatoms. The summed E-state index contributed by atoms with van der Waals surface area (Å²) in [5.74, 6) is -1.28. The molecule has 1 heterocycles. The number of nitro benzene ring substituents is 1. The Labute approximate surface area is 161 Å². The molecule has 2 amide bonds. The molecule has 0 aromatic heterocycles. The van der Waals surface area contributed by atoms with Gasteiger partial charge in [0.1, 0.15) is 6.54 Å². The second-order valence-corrected chi connectivity index (χ2v) is 7.16. The van der Waals surface area contributed by atoms with Gasteiger partial charge in [-0.1, -0.05) is 19.4 Å². The number of hydrogen-bond donors (Lipinski definition) is 0. The lowest BCUT2D eigenvalue weighted by molar-refractivity contribution is -0.385. The van der Waals surface area contributed by atoms with Crippen LogP contribution in [0.25, 0.3) is 6.08 Å². The van der Waals surface area contributed by atoms with Crippen LogP contribution < -0.4 is 0 Å². The molecule has 1 aromatic rings. The first kappa shape index (κ1) is 20.1. The van der Waals surface area contributed by atoms with Crippen molar-refractivity contribution in [3.8, 4) is 0 Å². The molecule has 8 nitrogen and oxygen atoms in total. The van der Waals surface area contributed by atoms with E-state index in [4.69, 9.17) is 4.74 Å². The maximum absolute atomic E-state index is 12.3. The number of rotatable bonds is 7. The molecule has 1 aromatic carbocycles. The van der Waals surface area contributed by atoms with Crippen LogP contribution in [-0.2, 0) is 14.3 Å². The van der Waals surface area contributed by atoms with Gasteiger partial charge in [0.2, 0.25) is 0 Å². The van der Waals surface area contributed by atoms with Crippen LogP contribution in [-0.4, -0.2) is 40.1 Å². The van der Waals surface area contributed by atoms with Crippen LogP contribution in [0.1, 0.15) is 25.3 Å². The fourth-order valence-corrected chi connectivity index (χ4v) is 3.28. The molecule has 0 radical (unpaired) electrons. The Morgan fingerprint density at radius 2 is 2.15 bits per heavy atom. The van der Waals surface area contributed by atoms with Gasteiger partial charge in [-0.05, 0) is 51.8 Å². The van der Waals surface area contributed by atoms with Gasteiger partial charge in [0, 0.05) is 6.07 Å². The number of hydrogen-bond acceptors (Lipinski definition) is 7.